The quantitative estimate of drug-likeness (QED) is 0.490. The standard InChI is InChI=1S/C28H32FN3OS/c1-17(2)27(33)30-22-9-11-26-24(14-22)23-13-20(28-31(4)18(3)16-34-28)8-10-25(23)32(26)15-19-6-5-7-21(29)12-19/h5-8,10,12-13,16-17,22,28H,9,11,14-15H2,1-4H3,(H,30,33). The van der Waals surface area contributed by atoms with Crippen molar-refractivity contribution in [2.45, 2.75) is 58.0 Å². The van der Waals surface area contributed by atoms with E-state index in [9.17, 15) is 9.18 Å². The predicted octanol–water partition coefficient (Wildman–Crippen LogP) is 6.00. The first-order valence-electron chi connectivity index (χ1n) is 12.1. The molecule has 1 N–H and O–H groups in total. The molecule has 1 aliphatic heterocycles. The van der Waals surface area contributed by atoms with Crippen LogP contribution in [0, 0.1) is 11.7 Å². The second-order valence-electron chi connectivity index (χ2n) is 9.88. The number of benzene rings is 2. The highest BCUT2D eigenvalue weighted by Gasteiger charge is 2.29. The minimum atomic E-state index is -0.203. The number of hydrogen-bond donors (Lipinski definition) is 1. The maximum atomic E-state index is 13.9. The molecule has 0 saturated heterocycles. The van der Waals surface area contributed by atoms with E-state index in [0.717, 1.165) is 24.8 Å². The molecule has 4 nitrogen and oxygen atoms in total. The Morgan fingerprint density at radius 3 is 2.76 bits per heavy atom. The Morgan fingerprint density at radius 2 is 2.06 bits per heavy atom. The average molecular weight is 478 g/mol. The van der Waals surface area contributed by atoms with Crippen molar-refractivity contribution in [3.05, 3.63) is 81.8 Å². The second kappa shape index (κ2) is 9.14. The van der Waals surface area contributed by atoms with Crippen LogP contribution in [-0.2, 0) is 24.2 Å². The van der Waals surface area contributed by atoms with Crippen molar-refractivity contribution in [1.29, 1.82) is 0 Å². The summed E-state index contributed by atoms with van der Waals surface area (Å²) >= 11 is 1.84. The number of carbonyl (C=O) groups excluding carboxylic acids is 1. The number of allylic oxidation sites excluding steroid dienone is 1. The van der Waals surface area contributed by atoms with Gasteiger partial charge in [0, 0.05) is 47.8 Å². The number of nitrogens with one attached hydrogen (secondary N) is 1. The Labute approximate surface area is 205 Å². The summed E-state index contributed by atoms with van der Waals surface area (Å²) in [5.41, 5.74) is 7.34. The van der Waals surface area contributed by atoms with Crippen LogP contribution in [0.1, 0.15) is 55.0 Å². The van der Waals surface area contributed by atoms with Crippen molar-refractivity contribution in [3.8, 4) is 0 Å². The molecule has 0 fully saturated rings. The molecule has 3 aromatic rings. The Hall–Kier alpha value is -2.73. The molecular formula is C28H32FN3OS. The van der Waals surface area contributed by atoms with E-state index >= 15 is 0 Å². The second-order valence-corrected chi connectivity index (χ2v) is 10.8. The van der Waals surface area contributed by atoms with Crippen LogP contribution in [-0.4, -0.2) is 28.5 Å². The zero-order valence-electron chi connectivity index (χ0n) is 20.3. The fourth-order valence-electron chi connectivity index (χ4n) is 5.14. The zero-order valence-corrected chi connectivity index (χ0v) is 21.1. The highest BCUT2D eigenvalue weighted by atomic mass is 32.2. The summed E-state index contributed by atoms with van der Waals surface area (Å²) in [5, 5.41) is 7.00. The van der Waals surface area contributed by atoms with Crippen LogP contribution in [0.5, 0.6) is 0 Å². The summed E-state index contributed by atoms with van der Waals surface area (Å²) in [4.78, 5) is 14.7. The number of hydrogen-bond acceptors (Lipinski definition) is 3. The monoisotopic (exact) mass is 477 g/mol. The Kier molecular flexibility index (Phi) is 6.19. The van der Waals surface area contributed by atoms with E-state index in [-0.39, 0.29) is 29.1 Å². The number of nitrogens with zero attached hydrogens (tertiary/aromatic N) is 2. The topological polar surface area (TPSA) is 37.3 Å². The van der Waals surface area contributed by atoms with Crippen LogP contribution in [0.25, 0.3) is 10.9 Å². The normalized spacial score (nSPS) is 20.1. The lowest BCUT2D eigenvalue weighted by molar-refractivity contribution is -0.124. The van der Waals surface area contributed by atoms with Gasteiger partial charge in [-0.3, -0.25) is 4.79 Å². The molecule has 1 aliphatic carbocycles. The van der Waals surface area contributed by atoms with Crippen LogP contribution in [0.3, 0.4) is 0 Å². The van der Waals surface area contributed by atoms with Gasteiger partial charge < -0.3 is 14.8 Å². The van der Waals surface area contributed by atoms with Crippen molar-refractivity contribution in [2.24, 2.45) is 5.92 Å². The molecular weight excluding hydrogens is 445 g/mol. The molecule has 0 spiro atoms. The number of rotatable bonds is 5. The van der Waals surface area contributed by atoms with Gasteiger partial charge >= 0.3 is 0 Å². The Balaban J connectivity index is 1.56. The summed E-state index contributed by atoms with van der Waals surface area (Å²) < 4.78 is 16.3. The van der Waals surface area contributed by atoms with Gasteiger partial charge in [-0.2, -0.15) is 0 Å². The van der Waals surface area contributed by atoms with E-state index in [4.69, 9.17) is 0 Å². The number of fused-ring (bicyclic) bond motifs is 3. The van der Waals surface area contributed by atoms with Gasteiger partial charge in [0.05, 0.1) is 0 Å². The summed E-state index contributed by atoms with van der Waals surface area (Å²) in [5.74, 6) is -0.109. The Morgan fingerprint density at radius 1 is 1.24 bits per heavy atom. The van der Waals surface area contributed by atoms with Crippen LogP contribution in [0.4, 0.5) is 4.39 Å². The molecule has 178 valence electrons. The summed E-state index contributed by atoms with van der Waals surface area (Å²) in [7, 11) is 2.14. The maximum absolute atomic E-state index is 13.9. The summed E-state index contributed by atoms with van der Waals surface area (Å²) in [6.07, 6.45) is 2.65. The average Bonchev–Trinajstić information content (AvgIpc) is 3.30. The van der Waals surface area contributed by atoms with Crippen molar-refractivity contribution < 1.29 is 9.18 Å². The van der Waals surface area contributed by atoms with Gasteiger partial charge in [0.15, 0.2) is 0 Å². The lowest BCUT2D eigenvalue weighted by Gasteiger charge is -2.26. The SMILES string of the molecule is CC1=CSC(c2ccc3c(c2)c2c(n3Cc3cccc(F)c3)CCC(NC(=O)C(C)C)C2)N1C. The molecule has 0 saturated carbocycles. The third-order valence-corrected chi connectivity index (χ3v) is 8.48. The van der Waals surface area contributed by atoms with Crippen molar-refractivity contribution >= 4 is 28.6 Å². The van der Waals surface area contributed by atoms with E-state index in [1.807, 2.05) is 31.7 Å². The molecule has 2 aliphatic rings. The van der Waals surface area contributed by atoms with Crippen LogP contribution >= 0.6 is 11.8 Å². The highest BCUT2D eigenvalue weighted by Crippen LogP contribution is 2.43. The number of carbonyl (C=O) groups is 1. The Bertz CT molecular complexity index is 1280. The summed E-state index contributed by atoms with van der Waals surface area (Å²) in [6, 6.07) is 13.8. The van der Waals surface area contributed by atoms with Crippen molar-refractivity contribution in [2.75, 3.05) is 7.05 Å². The highest BCUT2D eigenvalue weighted by molar-refractivity contribution is 8.02. The van der Waals surface area contributed by atoms with Gasteiger partial charge in [0.2, 0.25) is 5.91 Å². The zero-order chi connectivity index (χ0) is 24.0. The molecule has 5 rings (SSSR count). The molecule has 34 heavy (non-hydrogen) atoms. The largest absolute Gasteiger partial charge is 0.361 e. The van der Waals surface area contributed by atoms with Crippen LogP contribution in [0.15, 0.2) is 53.6 Å². The number of aromatic nitrogens is 1. The fourth-order valence-corrected chi connectivity index (χ4v) is 6.28. The van der Waals surface area contributed by atoms with E-state index in [1.165, 1.54) is 39.5 Å². The summed E-state index contributed by atoms with van der Waals surface area (Å²) in [6.45, 7) is 6.66. The third-order valence-electron chi connectivity index (χ3n) is 7.15. The molecule has 6 heteroatoms. The molecule has 0 bridgehead atoms. The molecule has 1 amide bonds. The van der Waals surface area contributed by atoms with Crippen LogP contribution < -0.4 is 5.32 Å². The van der Waals surface area contributed by atoms with Gasteiger partial charge in [-0.15, -0.1) is 11.8 Å². The minimum Gasteiger partial charge on any atom is -0.361 e. The smallest absolute Gasteiger partial charge is 0.222 e. The van der Waals surface area contributed by atoms with E-state index < -0.39 is 0 Å². The molecule has 2 unspecified atom stereocenters. The van der Waals surface area contributed by atoms with Gasteiger partial charge in [0.1, 0.15) is 11.2 Å². The fraction of sp³-hybridized carbons (Fsp3) is 0.393. The molecule has 2 aromatic carbocycles. The van der Waals surface area contributed by atoms with E-state index in [0.29, 0.717) is 6.54 Å². The van der Waals surface area contributed by atoms with Crippen LogP contribution in [0.2, 0.25) is 0 Å². The first-order chi connectivity index (χ1) is 16.3. The third kappa shape index (κ3) is 4.24. The van der Waals surface area contributed by atoms with Gasteiger partial charge in [-0.1, -0.05) is 32.0 Å². The maximum Gasteiger partial charge on any atom is 0.222 e. The van der Waals surface area contributed by atoms with Gasteiger partial charge in [-0.25, -0.2) is 4.39 Å². The molecule has 0 radical (unpaired) electrons. The first kappa shape index (κ1) is 23.0. The molecule has 1 aromatic heterocycles. The lowest BCUT2D eigenvalue weighted by atomic mass is 9.90. The number of amides is 1. The van der Waals surface area contributed by atoms with E-state index in [1.54, 1.807) is 12.1 Å². The molecule has 2 atom stereocenters. The van der Waals surface area contributed by atoms with Crippen molar-refractivity contribution in [3.63, 3.8) is 0 Å². The minimum absolute atomic E-state index is 0.0204. The van der Waals surface area contributed by atoms with Gasteiger partial charge in [0.25, 0.3) is 0 Å². The van der Waals surface area contributed by atoms with E-state index in [2.05, 4.69) is 52.4 Å². The number of halogens is 1. The predicted molar refractivity (Wildman–Crippen MR) is 138 cm³/mol. The van der Waals surface area contributed by atoms with Gasteiger partial charge in [-0.05, 0) is 72.6 Å². The lowest BCUT2D eigenvalue weighted by Crippen LogP contribution is -2.41. The molecule has 2 heterocycles. The van der Waals surface area contributed by atoms with Crippen molar-refractivity contribution in [1.82, 2.24) is 14.8 Å². The number of thioether (sulfide) groups is 1. The first-order valence-corrected chi connectivity index (χ1v) is 13.0.